The Hall–Kier alpha value is -2.30. The summed E-state index contributed by atoms with van der Waals surface area (Å²) >= 11 is 0. The van der Waals surface area contributed by atoms with E-state index in [1.54, 1.807) is 7.11 Å². The maximum atomic E-state index is 5.69. The second kappa shape index (κ2) is 6.75. The van der Waals surface area contributed by atoms with Crippen LogP contribution < -0.4 is 14.8 Å². The van der Waals surface area contributed by atoms with Gasteiger partial charge in [0.1, 0.15) is 23.9 Å². The molecule has 1 aromatic heterocycles. The standard InChI is InChI=1S/C15H19N3O2/c1-4-16-14-8-11(2)17-15(18-14)10-20-13-7-5-6-12(9-13)19-3/h5-9H,4,10H2,1-3H3,(H,16,17,18). The fraction of sp³-hybridized carbons (Fsp3) is 0.333. The van der Waals surface area contributed by atoms with E-state index in [1.165, 1.54) is 0 Å². The molecule has 0 radical (unpaired) electrons. The fourth-order valence-corrected chi connectivity index (χ4v) is 1.81. The van der Waals surface area contributed by atoms with Crippen LogP contribution in [0.15, 0.2) is 30.3 Å². The molecule has 0 aliphatic heterocycles. The molecule has 0 amide bonds. The molecule has 0 unspecified atom stereocenters. The normalized spacial score (nSPS) is 10.2. The van der Waals surface area contributed by atoms with Gasteiger partial charge in [0, 0.05) is 24.4 Å². The van der Waals surface area contributed by atoms with Gasteiger partial charge < -0.3 is 14.8 Å². The third kappa shape index (κ3) is 3.85. The van der Waals surface area contributed by atoms with E-state index in [1.807, 2.05) is 44.2 Å². The monoisotopic (exact) mass is 273 g/mol. The van der Waals surface area contributed by atoms with Gasteiger partial charge in [0.15, 0.2) is 5.82 Å². The van der Waals surface area contributed by atoms with Crippen molar-refractivity contribution in [2.45, 2.75) is 20.5 Å². The summed E-state index contributed by atoms with van der Waals surface area (Å²) in [6.07, 6.45) is 0. The average molecular weight is 273 g/mol. The highest BCUT2D eigenvalue weighted by atomic mass is 16.5. The lowest BCUT2D eigenvalue weighted by molar-refractivity contribution is 0.293. The fourth-order valence-electron chi connectivity index (χ4n) is 1.81. The van der Waals surface area contributed by atoms with Crippen molar-refractivity contribution in [1.82, 2.24) is 9.97 Å². The topological polar surface area (TPSA) is 56.3 Å². The van der Waals surface area contributed by atoms with E-state index in [0.717, 1.165) is 29.6 Å². The molecule has 1 N–H and O–H groups in total. The number of hydrogen-bond acceptors (Lipinski definition) is 5. The highest BCUT2D eigenvalue weighted by molar-refractivity contribution is 5.36. The number of aromatic nitrogens is 2. The van der Waals surface area contributed by atoms with E-state index in [9.17, 15) is 0 Å². The van der Waals surface area contributed by atoms with Crippen LogP contribution >= 0.6 is 0 Å². The zero-order valence-electron chi connectivity index (χ0n) is 12.0. The molecule has 5 heteroatoms. The third-order valence-electron chi connectivity index (χ3n) is 2.67. The molecule has 0 atom stereocenters. The predicted octanol–water partition coefficient (Wildman–Crippen LogP) is 2.80. The Bertz CT molecular complexity index is 573. The van der Waals surface area contributed by atoms with Crippen molar-refractivity contribution in [1.29, 1.82) is 0 Å². The zero-order valence-corrected chi connectivity index (χ0v) is 12.0. The minimum atomic E-state index is 0.327. The molecule has 0 aliphatic rings. The molecule has 0 saturated carbocycles. The van der Waals surface area contributed by atoms with Crippen molar-refractivity contribution < 1.29 is 9.47 Å². The molecule has 5 nitrogen and oxygen atoms in total. The smallest absolute Gasteiger partial charge is 0.168 e. The van der Waals surface area contributed by atoms with Crippen LogP contribution in [0.25, 0.3) is 0 Å². The lowest BCUT2D eigenvalue weighted by Crippen LogP contribution is -2.07. The van der Waals surface area contributed by atoms with Crippen LogP contribution in [0.1, 0.15) is 18.4 Å². The van der Waals surface area contributed by atoms with Crippen LogP contribution in [-0.4, -0.2) is 23.6 Å². The number of nitrogens with one attached hydrogen (secondary N) is 1. The first-order valence-electron chi connectivity index (χ1n) is 6.56. The van der Waals surface area contributed by atoms with Gasteiger partial charge in [-0.2, -0.15) is 0 Å². The number of rotatable bonds is 6. The van der Waals surface area contributed by atoms with E-state index in [4.69, 9.17) is 9.47 Å². The molecule has 0 saturated heterocycles. The number of aryl methyl sites for hydroxylation is 1. The number of nitrogens with zero attached hydrogens (tertiary/aromatic N) is 2. The molecule has 0 aliphatic carbocycles. The van der Waals surface area contributed by atoms with E-state index < -0.39 is 0 Å². The second-order valence-electron chi connectivity index (χ2n) is 4.31. The zero-order chi connectivity index (χ0) is 14.4. The van der Waals surface area contributed by atoms with E-state index in [2.05, 4.69) is 15.3 Å². The molecule has 0 bridgehead atoms. The highest BCUT2D eigenvalue weighted by Crippen LogP contribution is 2.19. The summed E-state index contributed by atoms with van der Waals surface area (Å²) in [5.41, 5.74) is 0.917. The van der Waals surface area contributed by atoms with Crippen molar-refractivity contribution in [2.24, 2.45) is 0 Å². The summed E-state index contributed by atoms with van der Waals surface area (Å²) in [5.74, 6) is 2.98. The van der Waals surface area contributed by atoms with Crippen molar-refractivity contribution >= 4 is 5.82 Å². The van der Waals surface area contributed by atoms with Gasteiger partial charge in [-0.15, -0.1) is 0 Å². The van der Waals surface area contributed by atoms with Crippen LogP contribution in [0.3, 0.4) is 0 Å². The summed E-state index contributed by atoms with van der Waals surface area (Å²) in [6.45, 7) is 5.13. The minimum Gasteiger partial charge on any atom is -0.497 e. The molecule has 0 fully saturated rings. The van der Waals surface area contributed by atoms with E-state index in [0.29, 0.717) is 12.4 Å². The van der Waals surface area contributed by atoms with E-state index >= 15 is 0 Å². The molecule has 1 aromatic carbocycles. The van der Waals surface area contributed by atoms with E-state index in [-0.39, 0.29) is 0 Å². The molecule has 0 spiro atoms. The number of ether oxygens (including phenoxy) is 2. The van der Waals surface area contributed by atoms with Gasteiger partial charge in [0.05, 0.1) is 7.11 Å². The van der Waals surface area contributed by atoms with Gasteiger partial charge >= 0.3 is 0 Å². The van der Waals surface area contributed by atoms with Gasteiger partial charge in [-0.25, -0.2) is 9.97 Å². The predicted molar refractivity (Wildman–Crippen MR) is 78.3 cm³/mol. The quantitative estimate of drug-likeness (QED) is 0.877. The summed E-state index contributed by atoms with van der Waals surface area (Å²) in [6, 6.07) is 9.39. The largest absolute Gasteiger partial charge is 0.497 e. The molecule has 2 aromatic rings. The molecular formula is C15H19N3O2. The Labute approximate surface area is 119 Å². The molecule has 2 rings (SSSR count). The summed E-state index contributed by atoms with van der Waals surface area (Å²) < 4.78 is 10.8. The van der Waals surface area contributed by atoms with Crippen molar-refractivity contribution in [2.75, 3.05) is 19.0 Å². The first-order valence-corrected chi connectivity index (χ1v) is 6.56. The molecule has 106 valence electrons. The molecular weight excluding hydrogens is 254 g/mol. The molecule has 1 heterocycles. The van der Waals surface area contributed by atoms with Crippen LogP contribution in [0, 0.1) is 6.92 Å². The first-order chi connectivity index (χ1) is 9.71. The van der Waals surface area contributed by atoms with Crippen LogP contribution in [0.5, 0.6) is 11.5 Å². The van der Waals surface area contributed by atoms with Crippen molar-refractivity contribution in [3.8, 4) is 11.5 Å². The first kappa shape index (κ1) is 14.1. The maximum Gasteiger partial charge on any atom is 0.168 e. The number of hydrogen-bond donors (Lipinski definition) is 1. The van der Waals surface area contributed by atoms with Crippen LogP contribution in [0.4, 0.5) is 5.82 Å². The van der Waals surface area contributed by atoms with Gasteiger partial charge in [-0.1, -0.05) is 6.07 Å². The third-order valence-corrected chi connectivity index (χ3v) is 2.67. The summed E-state index contributed by atoms with van der Waals surface area (Å²) in [5, 5.41) is 3.18. The maximum absolute atomic E-state index is 5.69. The Morgan fingerprint density at radius 2 is 1.95 bits per heavy atom. The Morgan fingerprint density at radius 3 is 2.70 bits per heavy atom. The van der Waals surface area contributed by atoms with Gasteiger partial charge in [-0.3, -0.25) is 0 Å². The van der Waals surface area contributed by atoms with Gasteiger partial charge in [0.25, 0.3) is 0 Å². The Balaban J connectivity index is 2.06. The minimum absolute atomic E-state index is 0.327. The lowest BCUT2D eigenvalue weighted by atomic mass is 10.3. The summed E-state index contributed by atoms with van der Waals surface area (Å²) in [4.78, 5) is 8.77. The van der Waals surface area contributed by atoms with Crippen molar-refractivity contribution in [3.63, 3.8) is 0 Å². The van der Waals surface area contributed by atoms with Gasteiger partial charge in [0.2, 0.25) is 0 Å². The second-order valence-corrected chi connectivity index (χ2v) is 4.31. The SMILES string of the molecule is CCNc1cc(C)nc(COc2cccc(OC)c2)n1. The molecule has 20 heavy (non-hydrogen) atoms. The van der Waals surface area contributed by atoms with Gasteiger partial charge in [-0.05, 0) is 26.0 Å². The average Bonchev–Trinajstić information content (AvgIpc) is 2.45. The number of benzene rings is 1. The van der Waals surface area contributed by atoms with Crippen LogP contribution in [0.2, 0.25) is 0 Å². The summed E-state index contributed by atoms with van der Waals surface area (Å²) in [7, 11) is 1.63. The lowest BCUT2D eigenvalue weighted by Gasteiger charge is -2.09. The Morgan fingerprint density at radius 1 is 1.15 bits per heavy atom. The van der Waals surface area contributed by atoms with Crippen molar-refractivity contribution in [3.05, 3.63) is 41.9 Å². The number of anilines is 1. The number of methoxy groups -OCH3 is 1. The highest BCUT2D eigenvalue weighted by Gasteiger charge is 2.03. The Kier molecular flexibility index (Phi) is 4.76. The van der Waals surface area contributed by atoms with Crippen LogP contribution in [-0.2, 0) is 6.61 Å².